The standard InChI is InChI=1S/C33H42N4O/c1-35-14-12-26(13-15-35)20-27-6-3-11-32(21-27)33(38)34-24-28-7-4-9-30(22-28)31-10-5-8-29(23-31)25-37-18-16-36(2)17-19-37/h3-11,21-23,26H,12-20,24-25H2,1-2H3,(H,34,38). The fourth-order valence-corrected chi connectivity index (χ4v) is 5.70. The fourth-order valence-electron chi connectivity index (χ4n) is 5.70. The smallest absolute Gasteiger partial charge is 0.251 e. The van der Waals surface area contributed by atoms with Crippen LogP contribution < -0.4 is 5.32 Å². The number of likely N-dealkylation sites (tertiary alicyclic amines) is 1. The van der Waals surface area contributed by atoms with E-state index in [0.29, 0.717) is 12.5 Å². The Morgan fingerprint density at radius 1 is 0.737 bits per heavy atom. The van der Waals surface area contributed by atoms with Gasteiger partial charge in [0.25, 0.3) is 5.91 Å². The Labute approximate surface area is 228 Å². The van der Waals surface area contributed by atoms with Crippen molar-refractivity contribution >= 4 is 5.91 Å². The first-order chi connectivity index (χ1) is 18.5. The van der Waals surface area contributed by atoms with E-state index in [9.17, 15) is 4.79 Å². The van der Waals surface area contributed by atoms with Crippen LogP contribution in [0, 0.1) is 5.92 Å². The highest BCUT2D eigenvalue weighted by molar-refractivity contribution is 5.94. The Bertz CT molecular complexity index is 1210. The maximum atomic E-state index is 13.0. The number of nitrogens with zero attached hydrogens (tertiary/aromatic N) is 3. The predicted octanol–water partition coefficient (Wildman–Crippen LogP) is 4.92. The molecule has 0 atom stereocenters. The van der Waals surface area contributed by atoms with Gasteiger partial charge in [-0.15, -0.1) is 0 Å². The molecule has 38 heavy (non-hydrogen) atoms. The highest BCUT2D eigenvalue weighted by atomic mass is 16.1. The van der Waals surface area contributed by atoms with Crippen molar-refractivity contribution in [3.63, 3.8) is 0 Å². The van der Waals surface area contributed by atoms with Crippen molar-refractivity contribution in [1.82, 2.24) is 20.0 Å². The molecule has 2 aliphatic rings. The Morgan fingerprint density at radius 2 is 1.34 bits per heavy atom. The van der Waals surface area contributed by atoms with Gasteiger partial charge >= 0.3 is 0 Å². The van der Waals surface area contributed by atoms with Crippen LogP contribution in [0.1, 0.15) is 39.9 Å². The maximum Gasteiger partial charge on any atom is 0.251 e. The number of benzene rings is 3. The average Bonchev–Trinajstić information content (AvgIpc) is 2.95. The summed E-state index contributed by atoms with van der Waals surface area (Å²) in [6.45, 7) is 8.37. The number of nitrogens with one attached hydrogen (secondary N) is 1. The molecule has 0 bridgehead atoms. The minimum Gasteiger partial charge on any atom is -0.348 e. The van der Waals surface area contributed by atoms with Crippen molar-refractivity contribution in [1.29, 1.82) is 0 Å². The van der Waals surface area contributed by atoms with E-state index in [0.717, 1.165) is 50.3 Å². The summed E-state index contributed by atoms with van der Waals surface area (Å²) >= 11 is 0. The van der Waals surface area contributed by atoms with Crippen molar-refractivity contribution in [3.05, 3.63) is 95.1 Å². The molecule has 0 spiro atoms. The summed E-state index contributed by atoms with van der Waals surface area (Å²) in [6, 6.07) is 25.6. The van der Waals surface area contributed by atoms with Crippen LogP contribution in [-0.2, 0) is 19.5 Å². The highest BCUT2D eigenvalue weighted by Gasteiger charge is 2.18. The lowest BCUT2D eigenvalue weighted by molar-refractivity contribution is 0.0950. The van der Waals surface area contributed by atoms with E-state index < -0.39 is 0 Å². The zero-order valence-corrected chi connectivity index (χ0v) is 23.0. The topological polar surface area (TPSA) is 38.8 Å². The van der Waals surface area contributed by atoms with Crippen LogP contribution in [0.4, 0.5) is 0 Å². The van der Waals surface area contributed by atoms with Crippen LogP contribution >= 0.6 is 0 Å². The number of carbonyl (C=O) groups excluding carboxylic acids is 1. The molecule has 0 saturated carbocycles. The molecule has 0 aliphatic carbocycles. The lowest BCUT2D eigenvalue weighted by Crippen LogP contribution is -2.43. The Kier molecular flexibility index (Phi) is 8.90. The molecular weight excluding hydrogens is 468 g/mol. The van der Waals surface area contributed by atoms with Gasteiger partial charge in [0.05, 0.1) is 0 Å². The van der Waals surface area contributed by atoms with Gasteiger partial charge in [-0.2, -0.15) is 0 Å². The van der Waals surface area contributed by atoms with Gasteiger partial charge in [-0.05, 0) is 104 Å². The first-order valence-electron chi connectivity index (χ1n) is 14.2. The van der Waals surface area contributed by atoms with E-state index in [-0.39, 0.29) is 5.91 Å². The van der Waals surface area contributed by atoms with Crippen LogP contribution in [0.3, 0.4) is 0 Å². The number of hydrogen-bond acceptors (Lipinski definition) is 4. The first-order valence-corrected chi connectivity index (χ1v) is 14.2. The minimum absolute atomic E-state index is 0.00481. The summed E-state index contributed by atoms with van der Waals surface area (Å²) in [4.78, 5) is 20.3. The van der Waals surface area contributed by atoms with Gasteiger partial charge in [0.15, 0.2) is 0 Å². The van der Waals surface area contributed by atoms with Crippen molar-refractivity contribution in [2.45, 2.75) is 32.4 Å². The molecule has 3 aromatic carbocycles. The third-order valence-electron chi connectivity index (χ3n) is 8.19. The SMILES string of the molecule is CN1CCC(Cc2cccc(C(=O)NCc3cccc(-c4cccc(CN5CCN(C)CC5)c4)c3)c2)CC1. The molecule has 2 heterocycles. The number of likely N-dealkylation sites (N-methyl/N-ethyl adjacent to an activating group) is 1. The van der Waals surface area contributed by atoms with Gasteiger partial charge in [-0.1, -0.05) is 48.5 Å². The Hall–Kier alpha value is -2.99. The quantitative estimate of drug-likeness (QED) is 0.467. The van der Waals surface area contributed by atoms with Crippen molar-refractivity contribution in [2.24, 2.45) is 5.92 Å². The van der Waals surface area contributed by atoms with Crippen molar-refractivity contribution in [3.8, 4) is 11.1 Å². The van der Waals surface area contributed by atoms with Gasteiger partial charge in [0.2, 0.25) is 0 Å². The van der Waals surface area contributed by atoms with Crippen LogP contribution in [0.5, 0.6) is 0 Å². The average molecular weight is 511 g/mol. The van der Waals surface area contributed by atoms with Crippen LogP contribution in [0.2, 0.25) is 0 Å². The third-order valence-corrected chi connectivity index (χ3v) is 8.19. The number of carbonyl (C=O) groups is 1. The molecule has 0 unspecified atom stereocenters. The zero-order valence-electron chi connectivity index (χ0n) is 23.0. The van der Waals surface area contributed by atoms with Gasteiger partial charge in [-0.25, -0.2) is 0 Å². The highest BCUT2D eigenvalue weighted by Crippen LogP contribution is 2.24. The molecular formula is C33H42N4O. The van der Waals surface area contributed by atoms with E-state index in [1.165, 1.54) is 48.2 Å². The molecule has 0 aromatic heterocycles. The lowest BCUT2D eigenvalue weighted by Gasteiger charge is -2.32. The number of amides is 1. The molecule has 3 aromatic rings. The monoisotopic (exact) mass is 510 g/mol. The Balaban J connectivity index is 1.18. The lowest BCUT2D eigenvalue weighted by atomic mass is 9.90. The molecule has 1 N–H and O–H groups in total. The number of hydrogen-bond donors (Lipinski definition) is 1. The summed E-state index contributed by atoms with van der Waals surface area (Å²) in [7, 11) is 4.39. The largest absolute Gasteiger partial charge is 0.348 e. The summed E-state index contributed by atoms with van der Waals surface area (Å²) in [6.07, 6.45) is 3.54. The molecule has 1 amide bonds. The van der Waals surface area contributed by atoms with Crippen molar-refractivity contribution in [2.75, 3.05) is 53.4 Å². The van der Waals surface area contributed by atoms with Crippen LogP contribution in [-0.4, -0.2) is 74.0 Å². The fraction of sp³-hybridized carbons (Fsp3) is 0.424. The second kappa shape index (κ2) is 12.7. The van der Waals surface area contributed by atoms with E-state index in [1.54, 1.807) is 0 Å². The predicted molar refractivity (Wildman–Crippen MR) is 156 cm³/mol. The molecule has 5 heteroatoms. The minimum atomic E-state index is -0.00481. The zero-order chi connectivity index (χ0) is 26.3. The van der Waals surface area contributed by atoms with Crippen molar-refractivity contribution < 1.29 is 4.79 Å². The third kappa shape index (κ3) is 7.31. The number of piperidine rings is 1. The maximum absolute atomic E-state index is 13.0. The molecule has 200 valence electrons. The van der Waals surface area contributed by atoms with Gasteiger partial charge in [0.1, 0.15) is 0 Å². The number of piperazine rings is 1. The van der Waals surface area contributed by atoms with Gasteiger partial charge < -0.3 is 15.1 Å². The second-order valence-electron chi connectivity index (χ2n) is 11.3. The number of rotatable bonds is 8. The molecule has 2 aliphatic heterocycles. The molecule has 5 nitrogen and oxygen atoms in total. The molecule has 2 saturated heterocycles. The normalized spacial score (nSPS) is 17.9. The van der Waals surface area contributed by atoms with E-state index in [1.807, 2.05) is 12.1 Å². The summed E-state index contributed by atoms with van der Waals surface area (Å²) in [5, 5.41) is 3.14. The molecule has 0 radical (unpaired) electrons. The Morgan fingerprint density at radius 3 is 2.08 bits per heavy atom. The van der Waals surface area contributed by atoms with E-state index in [2.05, 4.69) is 94.8 Å². The van der Waals surface area contributed by atoms with Gasteiger partial charge in [-0.3, -0.25) is 9.69 Å². The summed E-state index contributed by atoms with van der Waals surface area (Å²) < 4.78 is 0. The summed E-state index contributed by atoms with van der Waals surface area (Å²) in [5.41, 5.74) is 6.91. The summed E-state index contributed by atoms with van der Waals surface area (Å²) in [5.74, 6) is 0.710. The van der Waals surface area contributed by atoms with E-state index in [4.69, 9.17) is 0 Å². The van der Waals surface area contributed by atoms with Crippen LogP contribution in [0.25, 0.3) is 11.1 Å². The van der Waals surface area contributed by atoms with Crippen LogP contribution in [0.15, 0.2) is 72.8 Å². The first kappa shape index (κ1) is 26.6. The van der Waals surface area contributed by atoms with E-state index >= 15 is 0 Å². The molecule has 2 fully saturated rings. The van der Waals surface area contributed by atoms with Gasteiger partial charge in [0, 0.05) is 44.8 Å². The molecule has 5 rings (SSSR count). The second-order valence-corrected chi connectivity index (χ2v) is 11.3.